The van der Waals surface area contributed by atoms with Crippen molar-refractivity contribution < 1.29 is 4.39 Å². The minimum absolute atomic E-state index is 0.127. The first-order valence-corrected chi connectivity index (χ1v) is 4.09. The van der Waals surface area contributed by atoms with Crippen LogP contribution in [-0.2, 0) is 6.54 Å². The molecule has 0 atom stereocenters. The van der Waals surface area contributed by atoms with Crippen LogP contribution in [0.1, 0.15) is 5.82 Å². The van der Waals surface area contributed by atoms with Gasteiger partial charge in [-0.1, -0.05) is 0 Å². The summed E-state index contributed by atoms with van der Waals surface area (Å²) in [6, 6.07) is 3.84. The zero-order valence-electron chi connectivity index (χ0n) is 7.25. The molecule has 0 radical (unpaired) electrons. The number of nitrogens with zero attached hydrogens (tertiary/aromatic N) is 1. The Morgan fingerprint density at radius 1 is 1.50 bits per heavy atom. The van der Waals surface area contributed by atoms with Gasteiger partial charge in [-0.2, -0.15) is 0 Å². The van der Waals surface area contributed by atoms with Crippen molar-refractivity contribution in [3.8, 4) is 0 Å². The molecule has 0 spiro atoms. The van der Waals surface area contributed by atoms with E-state index in [9.17, 15) is 9.18 Å². The summed E-state index contributed by atoms with van der Waals surface area (Å²) >= 11 is 0. The Bertz CT molecular complexity index is 535. The van der Waals surface area contributed by atoms with Gasteiger partial charge < -0.3 is 10.7 Å². The summed E-state index contributed by atoms with van der Waals surface area (Å²) in [6.45, 7) is 0.127. The minimum atomic E-state index is -0.418. The van der Waals surface area contributed by atoms with E-state index in [-0.39, 0.29) is 12.1 Å². The fraction of sp³-hybridized carbons (Fsp3) is 0.111. The maximum Gasteiger partial charge on any atom is 0.258 e. The lowest BCUT2D eigenvalue weighted by Gasteiger charge is -1.99. The Morgan fingerprint density at radius 3 is 3.00 bits per heavy atom. The van der Waals surface area contributed by atoms with Crippen LogP contribution in [0.3, 0.4) is 0 Å². The molecule has 1 heterocycles. The van der Waals surface area contributed by atoms with Gasteiger partial charge in [-0.15, -0.1) is 0 Å². The summed E-state index contributed by atoms with van der Waals surface area (Å²) in [7, 11) is 0. The van der Waals surface area contributed by atoms with Gasteiger partial charge in [0.05, 0.1) is 17.4 Å². The maximum absolute atomic E-state index is 12.8. The van der Waals surface area contributed by atoms with Crippen LogP contribution in [0.5, 0.6) is 0 Å². The number of halogens is 1. The SMILES string of the molecule is NCc1nc2cc(F)ccc2c(=O)[nH]1. The Kier molecular flexibility index (Phi) is 2.01. The second kappa shape index (κ2) is 3.19. The monoisotopic (exact) mass is 193 g/mol. The minimum Gasteiger partial charge on any atom is -0.324 e. The number of hydrogen-bond donors (Lipinski definition) is 2. The van der Waals surface area contributed by atoms with E-state index in [0.29, 0.717) is 16.7 Å². The number of nitrogens with two attached hydrogens (primary N) is 1. The van der Waals surface area contributed by atoms with E-state index >= 15 is 0 Å². The highest BCUT2D eigenvalue weighted by Crippen LogP contribution is 2.08. The number of fused-ring (bicyclic) bond motifs is 1. The first-order chi connectivity index (χ1) is 6.70. The Labute approximate surface area is 78.6 Å². The molecule has 2 aromatic rings. The second-order valence-corrected chi connectivity index (χ2v) is 2.88. The van der Waals surface area contributed by atoms with Crippen molar-refractivity contribution in [2.24, 2.45) is 5.73 Å². The molecule has 3 N–H and O–H groups in total. The fourth-order valence-corrected chi connectivity index (χ4v) is 1.26. The van der Waals surface area contributed by atoms with Gasteiger partial charge in [0.2, 0.25) is 0 Å². The predicted molar refractivity (Wildman–Crippen MR) is 50.2 cm³/mol. The molecule has 0 aliphatic heterocycles. The summed E-state index contributed by atoms with van der Waals surface area (Å²) in [5.74, 6) is -0.0633. The third kappa shape index (κ3) is 1.38. The first kappa shape index (κ1) is 8.83. The number of nitrogens with one attached hydrogen (secondary N) is 1. The van der Waals surface area contributed by atoms with Crippen LogP contribution in [0.4, 0.5) is 4.39 Å². The molecule has 0 fully saturated rings. The Morgan fingerprint density at radius 2 is 2.29 bits per heavy atom. The number of hydrogen-bond acceptors (Lipinski definition) is 3. The van der Waals surface area contributed by atoms with Gasteiger partial charge in [0.25, 0.3) is 5.56 Å². The molecule has 1 aromatic heterocycles. The van der Waals surface area contributed by atoms with Gasteiger partial charge in [0.1, 0.15) is 11.6 Å². The van der Waals surface area contributed by atoms with Crippen LogP contribution >= 0.6 is 0 Å². The number of H-pyrrole nitrogens is 1. The van der Waals surface area contributed by atoms with Crippen molar-refractivity contribution in [3.05, 3.63) is 40.2 Å². The average Bonchev–Trinajstić information content (AvgIpc) is 2.16. The number of benzene rings is 1. The molecule has 0 unspecified atom stereocenters. The molecule has 14 heavy (non-hydrogen) atoms. The lowest BCUT2D eigenvalue weighted by molar-refractivity contribution is 0.629. The summed E-state index contributed by atoms with van der Waals surface area (Å²) in [6.07, 6.45) is 0. The van der Waals surface area contributed by atoms with E-state index in [1.54, 1.807) is 0 Å². The van der Waals surface area contributed by atoms with Crippen molar-refractivity contribution >= 4 is 10.9 Å². The van der Waals surface area contributed by atoms with Crippen LogP contribution in [0.15, 0.2) is 23.0 Å². The smallest absolute Gasteiger partial charge is 0.258 e. The molecule has 72 valence electrons. The van der Waals surface area contributed by atoms with Gasteiger partial charge >= 0.3 is 0 Å². The quantitative estimate of drug-likeness (QED) is 0.693. The van der Waals surface area contributed by atoms with E-state index < -0.39 is 5.82 Å². The third-order valence-corrected chi connectivity index (χ3v) is 1.91. The molecule has 1 aromatic carbocycles. The van der Waals surface area contributed by atoms with E-state index in [1.807, 2.05) is 0 Å². The number of aromatic amines is 1. The van der Waals surface area contributed by atoms with Crippen molar-refractivity contribution in [2.75, 3.05) is 0 Å². The number of aromatic nitrogens is 2. The second-order valence-electron chi connectivity index (χ2n) is 2.88. The van der Waals surface area contributed by atoms with Gasteiger partial charge in [0, 0.05) is 6.07 Å². The standard InChI is InChI=1S/C9H8FN3O/c10-5-1-2-6-7(3-5)12-8(4-11)13-9(6)14/h1-3H,4,11H2,(H,12,13,14). The molecule has 0 saturated heterocycles. The fourth-order valence-electron chi connectivity index (χ4n) is 1.26. The molecular weight excluding hydrogens is 185 g/mol. The molecule has 0 bridgehead atoms. The molecule has 5 heteroatoms. The summed E-state index contributed by atoms with van der Waals surface area (Å²) in [4.78, 5) is 17.9. The largest absolute Gasteiger partial charge is 0.324 e. The van der Waals surface area contributed by atoms with Gasteiger partial charge in [0.15, 0.2) is 0 Å². The maximum atomic E-state index is 12.8. The first-order valence-electron chi connectivity index (χ1n) is 4.09. The molecular formula is C9H8FN3O. The summed E-state index contributed by atoms with van der Waals surface area (Å²) < 4.78 is 12.8. The highest BCUT2D eigenvalue weighted by atomic mass is 19.1. The average molecular weight is 193 g/mol. The third-order valence-electron chi connectivity index (χ3n) is 1.91. The zero-order valence-corrected chi connectivity index (χ0v) is 7.25. The van der Waals surface area contributed by atoms with Crippen LogP contribution < -0.4 is 11.3 Å². The van der Waals surface area contributed by atoms with Crippen molar-refractivity contribution in [1.29, 1.82) is 0 Å². The molecule has 4 nitrogen and oxygen atoms in total. The highest BCUT2D eigenvalue weighted by Gasteiger charge is 2.03. The topological polar surface area (TPSA) is 71.8 Å². The number of rotatable bonds is 1. The lowest BCUT2D eigenvalue weighted by atomic mass is 10.2. The van der Waals surface area contributed by atoms with E-state index in [0.717, 1.165) is 0 Å². The summed E-state index contributed by atoms with van der Waals surface area (Å²) in [5, 5.41) is 0.364. The molecule has 2 rings (SSSR count). The van der Waals surface area contributed by atoms with Crippen LogP contribution in [0.25, 0.3) is 10.9 Å². The van der Waals surface area contributed by atoms with Crippen molar-refractivity contribution in [3.63, 3.8) is 0 Å². The van der Waals surface area contributed by atoms with Gasteiger partial charge in [-0.05, 0) is 12.1 Å². The molecule has 0 amide bonds. The van der Waals surface area contributed by atoms with Crippen LogP contribution in [0, 0.1) is 5.82 Å². The lowest BCUT2D eigenvalue weighted by Crippen LogP contribution is -2.14. The van der Waals surface area contributed by atoms with Crippen molar-refractivity contribution in [1.82, 2.24) is 9.97 Å². The van der Waals surface area contributed by atoms with E-state index in [4.69, 9.17) is 5.73 Å². The predicted octanol–water partition coefficient (Wildman–Crippen LogP) is 0.521. The summed E-state index contributed by atoms with van der Waals surface area (Å²) in [5.41, 5.74) is 5.35. The molecule has 0 aliphatic rings. The molecule has 0 saturated carbocycles. The van der Waals surface area contributed by atoms with Crippen LogP contribution in [-0.4, -0.2) is 9.97 Å². The zero-order chi connectivity index (χ0) is 10.1. The Hall–Kier alpha value is -1.75. The molecule has 0 aliphatic carbocycles. The van der Waals surface area contributed by atoms with E-state index in [2.05, 4.69) is 9.97 Å². The van der Waals surface area contributed by atoms with E-state index in [1.165, 1.54) is 18.2 Å². The Balaban J connectivity index is 2.84. The van der Waals surface area contributed by atoms with Crippen LogP contribution in [0.2, 0.25) is 0 Å². The highest BCUT2D eigenvalue weighted by molar-refractivity contribution is 5.77. The van der Waals surface area contributed by atoms with Gasteiger partial charge in [-0.25, -0.2) is 9.37 Å². The normalized spacial score (nSPS) is 10.7. The van der Waals surface area contributed by atoms with Gasteiger partial charge in [-0.3, -0.25) is 4.79 Å². The van der Waals surface area contributed by atoms with Crippen molar-refractivity contribution in [2.45, 2.75) is 6.54 Å².